The molecule has 3 aromatic rings. The van der Waals surface area contributed by atoms with Gasteiger partial charge in [-0.2, -0.15) is 0 Å². The molecule has 0 saturated carbocycles. The van der Waals surface area contributed by atoms with Crippen LogP contribution < -0.4 is 10.2 Å². The summed E-state index contributed by atoms with van der Waals surface area (Å²) in [5.41, 5.74) is 2.71. The van der Waals surface area contributed by atoms with Crippen molar-refractivity contribution in [2.24, 2.45) is 0 Å². The summed E-state index contributed by atoms with van der Waals surface area (Å²) in [7, 11) is 0. The van der Waals surface area contributed by atoms with Crippen molar-refractivity contribution in [3.63, 3.8) is 0 Å². The summed E-state index contributed by atoms with van der Waals surface area (Å²) in [6.07, 6.45) is 0. The first-order valence-electron chi connectivity index (χ1n) is 8.09. The third kappa shape index (κ3) is 2.68. The maximum absolute atomic E-state index is 13.0. The van der Waals surface area contributed by atoms with E-state index in [9.17, 15) is 9.59 Å². The van der Waals surface area contributed by atoms with Gasteiger partial charge >= 0.3 is 0 Å². The second kappa shape index (κ2) is 6.24. The molecule has 0 aliphatic carbocycles. The van der Waals surface area contributed by atoms with Crippen molar-refractivity contribution in [1.82, 2.24) is 0 Å². The van der Waals surface area contributed by atoms with Gasteiger partial charge in [0.2, 0.25) is 0 Å². The molecule has 25 heavy (non-hydrogen) atoms. The standard InChI is InChI=1S/C21H16N2O2/c24-20(22-15-9-3-1-4-10-15)19-17-13-7-8-14-18(17)21(25)23(19)16-11-5-2-6-12-16/h1-14,19H,(H,22,24)/t19-/m1/s1. The number of nitrogens with zero attached hydrogens (tertiary/aromatic N) is 1. The van der Waals surface area contributed by atoms with Crippen LogP contribution in [0.25, 0.3) is 0 Å². The zero-order valence-corrected chi connectivity index (χ0v) is 13.4. The highest BCUT2D eigenvalue weighted by Crippen LogP contribution is 2.38. The first kappa shape index (κ1) is 15.1. The number of carbonyl (C=O) groups is 2. The minimum Gasteiger partial charge on any atom is -0.324 e. The molecular weight excluding hydrogens is 312 g/mol. The number of benzene rings is 3. The number of rotatable bonds is 3. The van der Waals surface area contributed by atoms with Crippen LogP contribution in [0.4, 0.5) is 11.4 Å². The van der Waals surface area contributed by atoms with Gasteiger partial charge < -0.3 is 5.32 Å². The van der Waals surface area contributed by atoms with Gasteiger partial charge in [-0.05, 0) is 35.9 Å². The van der Waals surface area contributed by atoms with Crippen molar-refractivity contribution in [1.29, 1.82) is 0 Å². The van der Waals surface area contributed by atoms with E-state index in [1.165, 1.54) is 0 Å². The number of nitrogens with one attached hydrogen (secondary N) is 1. The smallest absolute Gasteiger partial charge is 0.259 e. The number of hydrogen-bond donors (Lipinski definition) is 1. The largest absolute Gasteiger partial charge is 0.324 e. The molecule has 0 aromatic heterocycles. The Morgan fingerprint density at radius 2 is 1.40 bits per heavy atom. The Kier molecular flexibility index (Phi) is 3.78. The van der Waals surface area contributed by atoms with Crippen LogP contribution in [0.5, 0.6) is 0 Å². The van der Waals surface area contributed by atoms with E-state index in [2.05, 4.69) is 5.32 Å². The van der Waals surface area contributed by atoms with Gasteiger partial charge in [0, 0.05) is 16.9 Å². The fraction of sp³-hybridized carbons (Fsp3) is 0.0476. The van der Waals surface area contributed by atoms with Crippen molar-refractivity contribution in [2.75, 3.05) is 10.2 Å². The topological polar surface area (TPSA) is 49.4 Å². The van der Waals surface area contributed by atoms with Crippen LogP contribution in [0.15, 0.2) is 84.9 Å². The van der Waals surface area contributed by atoms with E-state index in [-0.39, 0.29) is 11.8 Å². The first-order valence-corrected chi connectivity index (χ1v) is 8.09. The Hall–Kier alpha value is -3.40. The van der Waals surface area contributed by atoms with Crippen LogP contribution in [0, 0.1) is 0 Å². The lowest BCUT2D eigenvalue weighted by molar-refractivity contribution is -0.117. The second-order valence-electron chi connectivity index (χ2n) is 5.86. The second-order valence-corrected chi connectivity index (χ2v) is 5.86. The Bertz CT molecular complexity index is 923. The summed E-state index contributed by atoms with van der Waals surface area (Å²) in [5, 5.41) is 2.91. The summed E-state index contributed by atoms with van der Waals surface area (Å²) in [6, 6.07) is 25.1. The van der Waals surface area contributed by atoms with Gasteiger partial charge in [0.15, 0.2) is 0 Å². The average molecular weight is 328 g/mol. The first-order chi connectivity index (χ1) is 12.3. The summed E-state index contributed by atoms with van der Waals surface area (Å²) in [6.45, 7) is 0. The van der Waals surface area contributed by atoms with Crippen LogP contribution >= 0.6 is 0 Å². The van der Waals surface area contributed by atoms with Crippen molar-refractivity contribution in [2.45, 2.75) is 6.04 Å². The Morgan fingerprint density at radius 3 is 2.12 bits per heavy atom. The highest BCUT2D eigenvalue weighted by molar-refractivity contribution is 6.17. The van der Waals surface area contributed by atoms with Crippen molar-refractivity contribution in [3.05, 3.63) is 96.1 Å². The molecule has 1 heterocycles. The predicted octanol–water partition coefficient (Wildman–Crippen LogP) is 4.03. The fourth-order valence-corrected chi connectivity index (χ4v) is 3.16. The van der Waals surface area contributed by atoms with Gasteiger partial charge in [0.25, 0.3) is 11.8 Å². The van der Waals surface area contributed by atoms with Gasteiger partial charge in [-0.15, -0.1) is 0 Å². The van der Waals surface area contributed by atoms with E-state index in [0.717, 1.165) is 5.56 Å². The van der Waals surface area contributed by atoms with Gasteiger partial charge in [0.05, 0.1) is 0 Å². The van der Waals surface area contributed by atoms with Crippen LogP contribution in [-0.2, 0) is 4.79 Å². The van der Waals surface area contributed by atoms with E-state index in [1.54, 1.807) is 11.0 Å². The minimum absolute atomic E-state index is 0.157. The molecule has 0 fully saturated rings. The number of anilines is 2. The number of para-hydroxylation sites is 2. The molecule has 1 aliphatic rings. The molecule has 1 aliphatic heterocycles. The van der Waals surface area contributed by atoms with E-state index >= 15 is 0 Å². The van der Waals surface area contributed by atoms with Crippen molar-refractivity contribution >= 4 is 23.2 Å². The zero-order chi connectivity index (χ0) is 17.2. The van der Waals surface area contributed by atoms with Crippen molar-refractivity contribution in [3.8, 4) is 0 Å². The predicted molar refractivity (Wildman–Crippen MR) is 97.5 cm³/mol. The van der Waals surface area contributed by atoms with Crippen LogP contribution in [0.3, 0.4) is 0 Å². The van der Waals surface area contributed by atoms with E-state index in [4.69, 9.17) is 0 Å². The molecule has 3 aromatic carbocycles. The summed E-state index contributed by atoms with van der Waals surface area (Å²) >= 11 is 0. The molecule has 4 rings (SSSR count). The van der Waals surface area contributed by atoms with Crippen LogP contribution in [-0.4, -0.2) is 11.8 Å². The highest BCUT2D eigenvalue weighted by atomic mass is 16.2. The molecule has 1 atom stereocenters. The van der Waals surface area contributed by atoms with Gasteiger partial charge in [-0.25, -0.2) is 0 Å². The summed E-state index contributed by atoms with van der Waals surface area (Å²) in [5.74, 6) is -0.386. The van der Waals surface area contributed by atoms with Crippen LogP contribution in [0.2, 0.25) is 0 Å². The normalized spacial score (nSPS) is 15.8. The minimum atomic E-state index is -0.689. The number of fused-ring (bicyclic) bond motifs is 1. The molecular formula is C21H16N2O2. The molecule has 0 bridgehead atoms. The van der Waals surface area contributed by atoms with Gasteiger partial charge in [0.1, 0.15) is 6.04 Å². The molecule has 0 radical (unpaired) electrons. The average Bonchev–Trinajstić information content (AvgIpc) is 2.96. The lowest BCUT2D eigenvalue weighted by atomic mass is 10.0. The van der Waals surface area contributed by atoms with Crippen molar-refractivity contribution < 1.29 is 9.59 Å². The quantitative estimate of drug-likeness (QED) is 0.789. The molecule has 122 valence electrons. The molecule has 4 heteroatoms. The molecule has 0 saturated heterocycles. The number of amides is 2. The Balaban J connectivity index is 1.76. The number of hydrogen-bond acceptors (Lipinski definition) is 2. The van der Waals surface area contributed by atoms with E-state index in [1.807, 2.05) is 78.9 Å². The fourth-order valence-electron chi connectivity index (χ4n) is 3.16. The lowest BCUT2D eigenvalue weighted by Crippen LogP contribution is -2.35. The molecule has 0 unspecified atom stereocenters. The van der Waals surface area contributed by atoms with Gasteiger partial charge in [-0.1, -0.05) is 54.6 Å². The monoisotopic (exact) mass is 328 g/mol. The summed E-state index contributed by atoms with van der Waals surface area (Å²) in [4.78, 5) is 27.5. The molecule has 4 nitrogen and oxygen atoms in total. The Labute approximate surface area is 145 Å². The van der Waals surface area contributed by atoms with Crippen LogP contribution in [0.1, 0.15) is 22.0 Å². The highest BCUT2D eigenvalue weighted by Gasteiger charge is 2.41. The van der Waals surface area contributed by atoms with E-state index < -0.39 is 6.04 Å². The third-order valence-corrected chi connectivity index (χ3v) is 4.29. The SMILES string of the molecule is O=C(Nc1ccccc1)[C@H]1c2ccccc2C(=O)N1c1ccccc1. The molecule has 2 amide bonds. The lowest BCUT2D eigenvalue weighted by Gasteiger charge is -2.24. The number of carbonyl (C=O) groups excluding carboxylic acids is 2. The van der Waals surface area contributed by atoms with Gasteiger partial charge in [-0.3, -0.25) is 14.5 Å². The molecule has 1 N–H and O–H groups in total. The maximum atomic E-state index is 13.0. The summed E-state index contributed by atoms with van der Waals surface area (Å²) < 4.78 is 0. The maximum Gasteiger partial charge on any atom is 0.259 e. The molecule has 0 spiro atoms. The van der Waals surface area contributed by atoms with E-state index in [0.29, 0.717) is 16.9 Å². The zero-order valence-electron chi connectivity index (χ0n) is 13.4. The third-order valence-electron chi connectivity index (χ3n) is 4.29. The Morgan fingerprint density at radius 1 is 0.800 bits per heavy atom.